The van der Waals surface area contributed by atoms with E-state index in [1.807, 2.05) is 66.8 Å². The number of benzene rings is 1. The lowest BCUT2D eigenvalue weighted by Gasteiger charge is -2.32. The summed E-state index contributed by atoms with van der Waals surface area (Å²) in [5.41, 5.74) is 3.84. The second-order valence-corrected chi connectivity index (χ2v) is 9.46. The monoisotopic (exact) mass is 445 g/mol. The largest absolute Gasteiger partial charge is 0.345 e. The lowest BCUT2D eigenvalue weighted by atomic mass is 9.93. The summed E-state index contributed by atoms with van der Waals surface area (Å²) in [6, 6.07) is 15.9. The second-order valence-electron chi connectivity index (χ2n) is 9.46. The van der Waals surface area contributed by atoms with E-state index in [-0.39, 0.29) is 11.8 Å². The minimum atomic E-state index is -0.470. The molecule has 1 aromatic carbocycles. The average Bonchev–Trinajstić information content (AvgIpc) is 3.19. The van der Waals surface area contributed by atoms with Crippen LogP contribution >= 0.6 is 0 Å². The van der Waals surface area contributed by atoms with Crippen molar-refractivity contribution >= 4 is 11.8 Å². The molecule has 3 heterocycles. The Morgan fingerprint density at radius 2 is 1.82 bits per heavy atom. The lowest BCUT2D eigenvalue weighted by Crippen LogP contribution is -2.43. The predicted molar refractivity (Wildman–Crippen MR) is 126 cm³/mol. The number of hydrogen-bond acceptors (Lipinski definition) is 4. The normalized spacial score (nSPS) is 13.5. The van der Waals surface area contributed by atoms with Gasteiger partial charge in [0.15, 0.2) is 5.69 Å². The first-order chi connectivity index (χ1) is 15.8. The van der Waals surface area contributed by atoms with Gasteiger partial charge in [-0.3, -0.25) is 19.3 Å². The molecule has 172 valence electrons. The van der Waals surface area contributed by atoms with Gasteiger partial charge in [0, 0.05) is 48.9 Å². The highest BCUT2D eigenvalue weighted by Crippen LogP contribution is 2.27. The topological polar surface area (TPSA) is 80.1 Å². The molecule has 1 aliphatic rings. The zero-order valence-electron chi connectivity index (χ0n) is 19.5. The molecular weight excluding hydrogens is 414 g/mol. The van der Waals surface area contributed by atoms with Crippen molar-refractivity contribution in [1.82, 2.24) is 25.0 Å². The fraction of sp³-hybridized carbons (Fsp3) is 0.385. The Labute approximate surface area is 194 Å². The first kappa shape index (κ1) is 22.7. The molecule has 0 unspecified atom stereocenters. The Morgan fingerprint density at radius 1 is 1.06 bits per heavy atom. The van der Waals surface area contributed by atoms with Crippen molar-refractivity contribution in [2.45, 2.75) is 53.2 Å². The molecule has 33 heavy (non-hydrogen) atoms. The van der Waals surface area contributed by atoms with Gasteiger partial charge in [0.2, 0.25) is 5.91 Å². The number of fused-ring (bicyclic) bond motifs is 1. The van der Waals surface area contributed by atoms with Gasteiger partial charge >= 0.3 is 0 Å². The molecule has 7 heteroatoms. The zero-order chi connectivity index (χ0) is 23.4. The van der Waals surface area contributed by atoms with E-state index in [1.54, 1.807) is 6.20 Å². The molecular formula is C26H31N5O2. The summed E-state index contributed by atoms with van der Waals surface area (Å²) >= 11 is 0. The highest BCUT2D eigenvalue weighted by atomic mass is 16.2. The second kappa shape index (κ2) is 9.57. The molecule has 2 aromatic heterocycles. The van der Waals surface area contributed by atoms with Crippen LogP contribution in [0, 0.1) is 5.41 Å². The van der Waals surface area contributed by atoms with Crippen molar-refractivity contribution in [3.63, 3.8) is 0 Å². The molecule has 0 saturated carbocycles. The Morgan fingerprint density at radius 3 is 2.52 bits per heavy atom. The van der Waals surface area contributed by atoms with Crippen molar-refractivity contribution < 1.29 is 9.59 Å². The molecule has 1 N–H and O–H groups in total. The van der Waals surface area contributed by atoms with Crippen LogP contribution < -0.4 is 5.32 Å². The third-order valence-corrected chi connectivity index (χ3v) is 5.89. The number of hydrogen-bond donors (Lipinski definition) is 1. The van der Waals surface area contributed by atoms with Gasteiger partial charge in [-0.15, -0.1) is 0 Å². The van der Waals surface area contributed by atoms with Crippen LogP contribution in [-0.4, -0.2) is 38.0 Å². The number of amides is 2. The Bertz CT molecular complexity index is 1120. The van der Waals surface area contributed by atoms with Crippen LogP contribution in [0.3, 0.4) is 0 Å². The number of carbonyl (C=O) groups excluding carboxylic acids is 2. The van der Waals surface area contributed by atoms with Crippen molar-refractivity contribution in [1.29, 1.82) is 0 Å². The van der Waals surface area contributed by atoms with Crippen LogP contribution in [-0.2, 0) is 37.3 Å². The molecule has 7 nitrogen and oxygen atoms in total. The quantitative estimate of drug-likeness (QED) is 0.631. The molecule has 0 fully saturated rings. The number of rotatable bonds is 6. The Hall–Kier alpha value is -3.48. The van der Waals surface area contributed by atoms with E-state index in [9.17, 15) is 9.59 Å². The van der Waals surface area contributed by atoms with Crippen molar-refractivity contribution in [3.8, 4) is 0 Å². The van der Waals surface area contributed by atoms with Gasteiger partial charge in [0.25, 0.3) is 5.91 Å². The number of pyridine rings is 1. The standard InChI is InChI=1S/C26H31N5O2/c1-26(2,3)25(33)30-15-13-22-21(18-30)23(24(32)28-17-20-11-7-8-14-27-20)29-31(22)16-12-19-9-5-4-6-10-19/h4-11,14H,12-13,15-18H2,1-3H3,(H,28,32). The van der Waals surface area contributed by atoms with Gasteiger partial charge in [-0.05, 0) is 24.1 Å². The van der Waals surface area contributed by atoms with E-state index in [0.717, 1.165) is 23.4 Å². The first-order valence-corrected chi connectivity index (χ1v) is 11.4. The lowest BCUT2D eigenvalue weighted by molar-refractivity contribution is -0.140. The SMILES string of the molecule is CC(C)(C)C(=O)N1CCc2c(c(C(=O)NCc3ccccn3)nn2CCc2ccccc2)C1. The summed E-state index contributed by atoms with van der Waals surface area (Å²) in [7, 11) is 0. The number of nitrogens with one attached hydrogen (secondary N) is 1. The van der Waals surface area contributed by atoms with Gasteiger partial charge in [-0.2, -0.15) is 5.10 Å². The molecule has 0 aliphatic carbocycles. The maximum atomic E-state index is 13.1. The summed E-state index contributed by atoms with van der Waals surface area (Å²) in [5, 5.41) is 7.67. The fourth-order valence-electron chi connectivity index (χ4n) is 4.14. The molecule has 0 saturated heterocycles. The highest BCUT2D eigenvalue weighted by molar-refractivity contribution is 5.94. The van der Waals surface area contributed by atoms with Gasteiger partial charge in [0.1, 0.15) is 0 Å². The molecule has 3 aromatic rings. The van der Waals surface area contributed by atoms with Gasteiger partial charge in [-0.1, -0.05) is 57.2 Å². The summed E-state index contributed by atoms with van der Waals surface area (Å²) in [4.78, 5) is 32.2. The third-order valence-electron chi connectivity index (χ3n) is 5.89. The molecule has 4 rings (SSSR count). The maximum absolute atomic E-state index is 13.1. The number of nitrogens with zero attached hydrogens (tertiary/aromatic N) is 4. The number of aryl methyl sites for hydroxylation is 2. The molecule has 0 radical (unpaired) electrons. The Balaban J connectivity index is 1.58. The molecule has 0 spiro atoms. The van der Waals surface area contributed by atoms with E-state index in [1.165, 1.54) is 5.56 Å². The van der Waals surface area contributed by atoms with Crippen LogP contribution in [0.4, 0.5) is 0 Å². The van der Waals surface area contributed by atoms with Crippen LogP contribution in [0.15, 0.2) is 54.7 Å². The molecule has 0 atom stereocenters. The fourth-order valence-corrected chi connectivity index (χ4v) is 4.14. The summed E-state index contributed by atoms with van der Waals surface area (Å²) in [6.07, 6.45) is 3.22. The van der Waals surface area contributed by atoms with Crippen molar-refractivity contribution in [2.24, 2.45) is 5.41 Å². The minimum absolute atomic E-state index is 0.0880. The van der Waals surface area contributed by atoms with Gasteiger partial charge < -0.3 is 10.2 Å². The number of aromatic nitrogens is 3. The van der Waals surface area contributed by atoms with E-state index in [2.05, 4.69) is 22.4 Å². The van der Waals surface area contributed by atoms with Gasteiger partial charge in [-0.25, -0.2) is 0 Å². The molecule has 2 amide bonds. The average molecular weight is 446 g/mol. The van der Waals surface area contributed by atoms with E-state index in [4.69, 9.17) is 5.10 Å². The van der Waals surface area contributed by atoms with E-state index < -0.39 is 5.41 Å². The molecule has 1 aliphatic heterocycles. The molecule has 0 bridgehead atoms. The van der Waals surface area contributed by atoms with Crippen molar-refractivity contribution in [2.75, 3.05) is 6.54 Å². The predicted octanol–water partition coefficient (Wildman–Crippen LogP) is 3.38. The van der Waals surface area contributed by atoms with Crippen LogP contribution in [0.2, 0.25) is 0 Å². The first-order valence-electron chi connectivity index (χ1n) is 11.4. The number of carbonyl (C=O) groups is 2. The summed E-state index contributed by atoms with van der Waals surface area (Å²) in [6.45, 7) is 7.83. The zero-order valence-corrected chi connectivity index (χ0v) is 19.5. The van der Waals surface area contributed by atoms with E-state index in [0.29, 0.717) is 38.3 Å². The van der Waals surface area contributed by atoms with Crippen molar-refractivity contribution in [3.05, 3.63) is 82.9 Å². The maximum Gasteiger partial charge on any atom is 0.272 e. The van der Waals surface area contributed by atoms with Gasteiger partial charge in [0.05, 0.1) is 12.2 Å². The van der Waals surface area contributed by atoms with Crippen LogP contribution in [0.5, 0.6) is 0 Å². The minimum Gasteiger partial charge on any atom is -0.345 e. The van der Waals surface area contributed by atoms with Crippen LogP contribution in [0.1, 0.15) is 53.8 Å². The third kappa shape index (κ3) is 5.30. The van der Waals surface area contributed by atoms with Crippen LogP contribution in [0.25, 0.3) is 0 Å². The summed E-state index contributed by atoms with van der Waals surface area (Å²) in [5.74, 6) is -0.148. The van der Waals surface area contributed by atoms with E-state index >= 15 is 0 Å². The summed E-state index contributed by atoms with van der Waals surface area (Å²) < 4.78 is 1.96. The smallest absolute Gasteiger partial charge is 0.272 e. The Kier molecular flexibility index (Phi) is 6.58. The highest BCUT2D eigenvalue weighted by Gasteiger charge is 2.34.